The van der Waals surface area contributed by atoms with Crippen molar-refractivity contribution in [3.05, 3.63) is 64.6 Å². The van der Waals surface area contributed by atoms with Crippen molar-refractivity contribution in [3.8, 4) is 0 Å². The first-order valence-electron chi connectivity index (χ1n) is 8.40. The van der Waals surface area contributed by atoms with Gasteiger partial charge in [0.05, 0.1) is 16.8 Å². The molecule has 1 amide bonds. The Morgan fingerprint density at radius 2 is 1.96 bits per heavy atom. The number of H-pyrrole nitrogens is 1. The molecule has 4 rings (SSSR count). The molecule has 0 unspecified atom stereocenters. The largest absolute Gasteiger partial charge is 0.465 e. The van der Waals surface area contributed by atoms with E-state index in [0.717, 1.165) is 16.6 Å². The highest BCUT2D eigenvalue weighted by molar-refractivity contribution is 8.14. The molecule has 2 aromatic carbocycles. The van der Waals surface area contributed by atoms with E-state index in [4.69, 9.17) is 5.11 Å². The molecule has 1 aliphatic rings. The van der Waals surface area contributed by atoms with Crippen LogP contribution in [0.4, 0.5) is 10.5 Å². The van der Waals surface area contributed by atoms with Crippen LogP contribution < -0.4 is 16.3 Å². The Morgan fingerprint density at radius 3 is 2.68 bits per heavy atom. The second-order valence-electron chi connectivity index (χ2n) is 5.97. The number of hydrogen-bond donors (Lipinski definition) is 4. The molecule has 0 spiro atoms. The topological polar surface area (TPSA) is 124 Å². The summed E-state index contributed by atoms with van der Waals surface area (Å²) in [4.78, 5) is 25.7. The third-order valence-electron chi connectivity index (χ3n) is 4.09. The average Bonchev–Trinajstić information content (AvgIpc) is 3.03. The monoisotopic (exact) mass is 396 g/mol. The summed E-state index contributed by atoms with van der Waals surface area (Å²) >= 11 is 1.46. The number of nitrogens with zero attached hydrogens (tertiary/aromatic N) is 3. The number of hydrogen-bond acceptors (Lipinski definition) is 6. The number of aromatic nitrogens is 2. The van der Waals surface area contributed by atoms with Gasteiger partial charge in [-0.1, -0.05) is 36.0 Å². The molecule has 1 aromatic heterocycles. The van der Waals surface area contributed by atoms with Gasteiger partial charge >= 0.3 is 11.8 Å². The van der Waals surface area contributed by atoms with Crippen LogP contribution in [0.3, 0.4) is 0 Å². The van der Waals surface area contributed by atoms with Gasteiger partial charge < -0.3 is 15.4 Å². The molecular weight excluding hydrogens is 380 g/mol. The Hall–Kier alpha value is -3.53. The second-order valence-corrected chi connectivity index (χ2v) is 6.94. The molecule has 0 saturated carbocycles. The zero-order valence-electron chi connectivity index (χ0n) is 14.5. The van der Waals surface area contributed by atoms with Crippen LogP contribution in [-0.4, -0.2) is 37.5 Å². The fourth-order valence-electron chi connectivity index (χ4n) is 2.81. The number of thioether (sulfide) groups is 1. The van der Waals surface area contributed by atoms with Crippen molar-refractivity contribution in [1.82, 2.24) is 14.9 Å². The van der Waals surface area contributed by atoms with Crippen LogP contribution >= 0.6 is 11.8 Å². The molecule has 1 aliphatic heterocycles. The lowest BCUT2D eigenvalue weighted by molar-refractivity contribution is 0.210. The van der Waals surface area contributed by atoms with Gasteiger partial charge in [-0.05, 0) is 29.8 Å². The fourth-order valence-corrected chi connectivity index (χ4v) is 3.53. The summed E-state index contributed by atoms with van der Waals surface area (Å²) in [6, 6.07) is 14.5. The molecule has 0 fully saturated rings. The lowest BCUT2D eigenvalue weighted by atomic mass is 10.2. The minimum absolute atomic E-state index is 0.234. The van der Waals surface area contributed by atoms with Crippen molar-refractivity contribution in [2.24, 2.45) is 10.2 Å². The minimum Gasteiger partial charge on any atom is -0.465 e. The quantitative estimate of drug-likeness (QED) is 0.541. The highest BCUT2D eigenvalue weighted by atomic mass is 32.2. The molecule has 10 heteroatoms. The number of nitrogens with one attached hydrogen (secondary N) is 3. The van der Waals surface area contributed by atoms with Gasteiger partial charge in [0.1, 0.15) is 0 Å². The number of amides is 1. The molecule has 9 nitrogen and oxygen atoms in total. The average molecular weight is 396 g/mol. The first-order valence-corrected chi connectivity index (χ1v) is 9.39. The van der Waals surface area contributed by atoms with E-state index >= 15 is 0 Å². The molecule has 0 atom stereocenters. The Bertz CT molecular complexity index is 1150. The zero-order valence-corrected chi connectivity index (χ0v) is 15.4. The maximum Gasteiger partial charge on any atom is 0.409 e. The van der Waals surface area contributed by atoms with Crippen LogP contribution in [0.5, 0.6) is 0 Å². The Balaban J connectivity index is 1.45. The van der Waals surface area contributed by atoms with Crippen molar-refractivity contribution >= 4 is 45.6 Å². The third-order valence-corrected chi connectivity index (χ3v) is 4.99. The van der Waals surface area contributed by atoms with Crippen LogP contribution in [0.15, 0.2) is 63.5 Å². The van der Waals surface area contributed by atoms with Gasteiger partial charge in [-0.25, -0.2) is 14.2 Å². The SMILES string of the molecule is O=C(O)Nc1ccc(CNC2=NN=C(n3c(=O)[nH]c4ccccc43)CS2)cc1. The minimum atomic E-state index is -1.10. The molecule has 0 saturated heterocycles. The molecule has 142 valence electrons. The van der Waals surface area contributed by atoms with Crippen molar-refractivity contribution in [2.75, 3.05) is 11.1 Å². The van der Waals surface area contributed by atoms with Crippen LogP contribution in [0.25, 0.3) is 11.0 Å². The van der Waals surface area contributed by atoms with Gasteiger partial charge in [0.15, 0.2) is 11.0 Å². The standard InChI is InChI=1S/C18H16N6O3S/c25-17-21-13-3-1-2-4-14(13)24(17)15-10-28-16(23-22-15)19-9-11-5-7-12(8-6-11)20-18(26)27/h1-8,20H,9-10H2,(H,19,23)(H,21,25)(H,26,27). The highest BCUT2D eigenvalue weighted by Crippen LogP contribution is 2.15. The van der Waals surface area contributed by atoms with Gasteiger partial charge in [0.25, 0.3) is 0 Å². The fraction of sp³-hybridized carbons (Fsp3) is 0.111. The van der Waals surface area contributed by atoms with Gasteiger partial charge in [-0.2, -0.15) is 0 Å². The molecule has 28 heavy (non-hydrogen) atoms. The van der Waals surface area contributed by atoms with Crippen LogP contribution in [0.1, 0.15) is 5.56 Å². The summed E-state index contributed by atoms with van der Waals surface area (Å²) in [6.07, 6.45) is -1.10. The molecule has 2 heterocycles. The molecule has 4 N–H and O–H groups in total. The summed E-state index contributed by atoms with van der Waals surface area (Å²) in [5, 5.41) is 23.2. The molecule has 0 aliphatic carbocycles. The van der Waals surface area contributed by atoms with E-state index in [1.165, 1.54) is 16.3 Å². The summed E-state index contributed by atoms with van der Waals surface area (Å²) in [7, 11) is 0. The number of carbonyl (C=O) groups is 1. The highest BCUT2D eigenvalue weighted by Gasteiger charge is 2.16. The number of imidazole rings is 1. The van der Waals surface area contributed by atoms with Crippen LogP contribution in [0.2, 0.25) is 0 Å². The third kappa shape index (κ3) is 3.76. The first-order chi connectivity index (χ1) is 13.6. The van der Waals surface area contributed by atoms with E-state index in [-0.39, 0.29) is 5.69 Å². The van der Waals surface area contributed by atoms with E-state index in [1.54, 1.807) is 12.1 Å². The van der Waals surface area contributed by atoms with Crippen molar-refractivity contribution in [2.45, 2.75) is 6.54 Å². The van der Waals surface area contributed by atoms with E-state index in [1.807, 2.05) is 36.4 Å². The summed E-state index contributed by atoms with van der Waals surface area (Å²) in [6.45, 7) is 0.525. The predicted molar refractivity (Wildman–Crippen MR) is 110 cm³/mol. The summed E-state index contributed by atoms with van der Waals surface area (Å²) in [5.41, 5.74) is 2.78. The number of anilines is 1. The molecular formula is C18H16N6O3S. The van der Waals surface area contributed by atoms with Crippen LogP contribution in [0, 0.1) is 0 Å². The van der Waals surface area contributed by atoms with E-state index in [0.29, 0.717) is 29.0 Å². The first kappa shape index (κ1) is 17.9. The van der Waals surface area contributed by atoms with Crippen molar-refractivity contribution < 1.29 is 9.90 Å². The van der Waals surface area contributed by atoms with Crippen molar-refractivity contribution in [3.63, 3.8) is 0 Å². The second kappa shape index (κ2) is 7.61. The number of amidine groups is 1. The lowest BCUT2D eigenvalue weighted by Gasteiger charge is -2.14. The molecule has 3 aromatic rings. The number of para-hydroxylation sites is 2. The number of benzene rings is 2. The maximum absolute atomic E-state index is 12.2. The maximum atomic E-state index is 12.2. The summed E-state index contributed by atoms with van der Waals surface area (Å²) in [5.74, 6) is 1.08. The predicted octanol–water partition coefficient (Wildman–Crippen LogP) is 2.47. The van der Waals surface area contributed by atoms with Gasteiger partial charge in [-0.3, -0.25) is 5.32 Å². The number of fused-ring (bicyclic) bond motifs is 1. The number of aromatic amines is 1. The zero-order chi connectivity index (χ0) is 19.5. The molecule has 0 bridgehead atoms. The van der Waals surface area contributed by atoms with E-state index in [2.05, 4.69) is 25.8 Å². The number of carboxylic acid groups (broad SMARTS) is 1. The van der Waals surface area contributed by atoms with E-state index in [9.17, 15) is 9.59 Å². The Kier molecular flexibility index (Phi) is 4.85. The number of rotatable bonds is 3. The molecule has 0 radical (unpaired) electrons. The van der Waals surface area contributed by atoms with E-state index < -0.39 is 6.09 Å². The Labute approximate surface area is 163 Å². The summed E-state index contributed by atoms with van der Waals surface area (Å²) < 4.78 is 1.54. The van der Waals surface area contributed by atoms with Crippen LogP contribution in [-0.2, 0) is 6.54 Å². The smallest absolute Gasteiger partial charge is 0.409 e. The van der Waals surface area contributed by atoms with Gasteiger partial charge in [0, 0.05) is 12.2 Å². The van der Waals surface area contributed by atoms with Gasteiger partial charge in [-0.15, -0.1) is 10.2 Å². The van der Waals surface area contributed by atoms with Gasteiger partial charge in [0.2, 0.25) is 0 Å². The lowest BCUT2D eigenvalue weighted by Crippen LogP contribution is -2.30. The Morgan fingerprint density at radius 1 is 1.18 bits per heavy atom. The van der Waals surface area contributed by atoms with Crippen molar-refractivity contribution in [1.29, 1.82) is 0 Å². The normalized spacial score (nSPS) is 13.7.